The fourth-order valence-electron chi connectivity index (χ4n) is 1.37. The molecule has 4 nitrogen and oxygen atoms in total. The molecule has 16 heavy (non-hydrogen) atoms. The predicted octanol–water partition coefficient (Wildman–Crippen LogP) is 2.04. The fourth-order valence-corrected chi connectivity index (χ4v) is 1.37. The number of rotatable bonds is 3. The second kappa shape index (κ2) is 4.72. The van der Waals surface area contributed by atoms with Crippen LogP contribution in [0.25, 0.3) is 0 Å². The maximum absolute atomic E-state index is 5.63. The zero-order valence-electron chi connectivity index (χ0n) is 9.05. The lowest BCUT2D eigenvalue weighted by Crippen LogP contribution is -2.00. The van der Waals surface area contributed by atoms with Gasteiger partial charge in [-0.05, 0) is 18.6 Å². The molecule has 1 aromatic carbocycles. The third-order valence-corrected chi connectivity index (χ3v) is 2.18. The summed E-state index contributed by atoms with van der Waals surface area (Å²) in [6.45, 7) is 2.38. The summed E-state index contributed by atoms with van der Waals surface area (Å²) in [6.07, 6.45) is 1.68. The van der Waals surface area contributed by atoms with Gasteiger partial charge in [0.1, 0.15) is 5.75 Å². The minimum absolute atomic E-state index is 0.440. The molecule has 0 saturated heterocycles. The van der Waals surface area contributed by atoms with Crippen LogP contribution >= 0.6 is 0 Å². The van der Waals surface area contributed by atoms with Crippen molar-refractivity contribution in [2.24, 2.45) is 5.73 Å². The molecule has 0 aliphatic rings. The Balaban J connectivity index is 2.26. The lowest BCUT2D eigenvalue weighted by atomic mass is 10.2. The first kappa shape index (κ1) is 10.6. The van der Waals surface area contributed by atoms with Crippen LogP contribution in [0.5, 0.6) is 11.6 Å². The van der Waals surface area contributed by atoms with E-state index in [0.29, 0.717) is 12.4 Å². The molecular formula is C12H13N3O. The summed E-state index contributed by atoms with van der Waals surface area (Å²) >= 11 is 0. The minimum Gasteiger partial charge on any atom is -0.437 e. The summed E-state index contributed by atoms with van der Waals surface area (Å²) < 4.78 is 5.63. The van der Waals surface area contributed by atoms with Gasteiger partial charge in [-0.25, -0.2) is 0 Å². The third kappa shape index (κ3) is 2.35. The molecule has 0 aliphatic carbocycles. The van der Waals surface area contributed by atoms with Crippen LogP contribution in [0.1, 0.15) is 11.1 Å². The minimum atomic E-state index is 0.440. The highest BCUT2D eigenvalue weighted by atomic mass is 16.5. The average molecular weight is 215 g/mol. The Hall–Kier alpha value is -1.94. The normalized spacial score (nSPS) is 10.1. The van der Waals surface area contributed by atoms with Gasteiger partial charge in [0.15, 0.2) is 0 Å². The number of nitrogens with two attached hydrogens (primary N) is 1. The van der Waals surface area contributed by atoms with Crippen LogP contribution in [-0.4, -0.2) is 10.2 Å². The molecular weight excluding hydrogens is 202 g/mol. The van der Waals surface area contributed by atoms with Crippen LogP contribution in [0.2, 0.25) is 0 Å². The van der Waals surface area contributed by atoms with Crippen molar-refractivity contribution >= 4 is 0 Å². The highest BCUT2D eigenvalue weighted by molar-refractivity contribution is 5.36. The third-order valence-electron chi connectivity index (χ3n) is 2.18. The number of ether oxygens (including phenoxy) is 1. The maximum Gasteiger partial charge on any atom is 0.239 e. The molecule has 82 valence electrons. The van der Waals surface area contributed by atoms with Gasteiger partial charge in [-0.3, -0.25) is 0 Å². The first-order valence-corrected chi connectivity index (χ1v) is 5.05. The molecule has 0 bridgehead atoms. The quantitative estimate of drug-likeness (QED) is 0.851. The lowest BCUT2D eigenvalue weighted by molar-refractivity contribution is 0.449. The van der Waals surface area contributed by atoms with Crippen molar-refractivity contribution in [2.75, 3.05) is 0 Å². The molecule has 0 spiro atoms. The molecule has 2 rings (SSSR count). The van der Waals surface area contributed by atoms with Crippen molar-refractivity contribution < 1.29 is 4.74 Å². The molecule has 0 radical (unpaired) electrons. The molecule has 0 saturated carbocycles. The highest BCUT2D eigenvalue weighted by Crippen LogP contribution is 2.23. The standard InChI is InChI=1S/C12H13N3O/c1-9-6-12(15-14-8-9)16-11-5-3-2-4-10(11)7-13/h2-6,8H,7,13H2,1H3. The number of nitrogens with zero attached hydrogens (tertiary/aromatic N) is 2. The van der Waals surface area contributed by atoms with Crippen molar-refractivity contribution in [2.45, 2.75) is 13.5 Å². The topological polar surface area (TPSA) is 61.0 Å². The van der Waals surface area contributed by atoms with Gasteiger partial charge in [0.05, 0.1) is 6.20 Å². The summed E-state index contributed by atoms with van der Waals surface area (Å²) in [5.41, 5.74) is 7.58. The van der Waals surface area contributed by atoms with E-state index in [4.69, 9.17) is 10.5 Å². The average Bonchev–Trinajstić information content (AvgIpc) is 2.30. The molecule has 0 fully saturated rings. The zero-order valence-corrected chi connectivity index (χ0v) is 9.05. The second-order valence-electron chi connectivity index (χ2n) is 3.49. The van der Waals surface area contributed by atoms with Gasteiger partial charge in [0.2, 0.25) is 5.88 Å². The molecule has 2 aromatic rings. The summed E-state index contributed by atoms with van der Waals surface area (Å²) in [4.78, 5) is 0. The van der Waals surface area contributed by atoms with Crippen LogP contribution in [0, 0.1) is 6.92 Å². The van der Waals surface area contributed by atoms with Crippen molar-refractivity contribution in [3.8, 4) is 11.6 Å². The van der Waals surface area contributed by atoms with E-state index in [2.05, 4.69) is 10.2 Å². The van der Waals surface area contributed by atoms with Crippen LogP contribution in [0.3, 0.4) is 0 Å². The monoisotopic (exact) mass is 215 g/mol. The smallest absolute Gasteiger partial charge is 0.239 e. The van der Waals surface area contributed by atoms with Crippen molar-refractivity contribution in [1.82, 2.24) is 10.2 Å². The van der Waals surface area contributed by atoms with Gasteiger partial charge >= 0.3 is 0 Å². The molecule has 1 aromatic heterocycles. The van der Waals surface area contributed by atoms with E-state index in [9.17, 15) is 0 Å². The summed E-state index contributed by atoms with van der Waals surface area (Å²) in [6, 6.07) is 9.46. The van der Waals surface area contributed by atoms with Crippen molar-refractivity contribution in [3.05, 3.63) is 47.7 Å². The number of benzene rings is 1. The van der Waals surface area contributed by atoms with Crippen LogP contribution in [0.15, 0.2) is 36.5 Å². The van der Waals surface area contributed by atoms with Gasteiger partial charge in [-0.1, -0.05) is 18.2 Å². The van der Waals surface area contributed by atoms with E-state index in [1.165, 1.54) is 0 Å². The summed E-state index contributed by atoms with van der Waals surface area (Å²) in [7, 11) is 0. The Morgan fingerprint density at radius 3 is 2.88 bits per heavy atom. The van der Waals surface area contributed by atoms with E-state index in [-0.39, 0.29) is 0 Å². The molecule has 1 heterocycles. The Morgan fingerprint density at radius 1 is 1.31 bits per heavy atom. The van der Waals surface area contributed by atoms with Gasteiger partial charge < -0.3 is 10.5 Å². The fraction of sp³-hybridized carbons (Fsp3) is 0.167. The Labute approximate surface area is 94.1 Å². The van der Waals surface area contributed by atoms with Crippen LogP contribution < -0.4 is 10.5 Å². The first-order chi connectivity index (χ1) is 7.79. The van der Waals surface area contributed by atoms with E-state index in [0.717, 1.165) is 16.9 Å². The van der Waals surface area contributed by atoms with E-state index >= 15 is 0 Å². The number of hydrogen-bond acceptors (Lipinski definition) is 4. The Bertz CT molecular complexity index is 485. The van der Waals surface area contributed by atoms with Gasteiger partial charge in [0.25, 0.3) is 0 Å². The molecule has 0 amide bonds. The Morgan fingerprint density at radius 2 is 2.12 bits per heavy atom. The first-order valence-electron chi connectivity index (χ1n) is 5.05. The molecule has 0 unspecified atom stereocenters. The van der Waals surface area contributed by atoms with Gasteiger partial charge in [-0.15, -0.1) is 5.10 Å². The summed E-state index contributed by atoms with van der Waals surface area (Å²) in [5.74, 6) is 1.21. The largest absolute Gasteiger partial charge is 0.437 e. The van der Waals surface area contributed by atoms with E-state index < -0.39 is 0 Å². The molecule has 2 N–H and O–H groups in total. The van der Waals surface area contributed by atoms with Crippen molar-refractivity contribution in [3.63, 3.8) is 0 Å². The molecule has 0 atom stereocenters. The lowest BCUT2D eigenvalue weighted by Gasteiger charge is -2.08. The Kier molecular flexibility index (Phi) is 3.12. The van der Waals surface area contributed by atoms with E-state index in [1.54, 1.807) is 6.20 Å². The number of para-hydroxylation sites is 1. The second-order valence-corrected chi connectivity index (χ2v) is 3.49. The van der Waals surface area contributed by atoms with Crippen LogP contribution in [0.4, 0.5) is 0 Å². The number of hydrogen-bond donors (Lipinski definition) is 1. The molecule has 0 aliphatic heterocycles. The van der Waals surface area contributed by atoms with Gasteiger partial charge in [0, 0.05) is 18.2 Å². The summed E-state index contributed by atoms with van der Waals surface area (Å²) in [5, 5.41) is 7.73. The predicted molar refractivity (Wildman–Crippen MR) is 61.2 cm³/mol. The SMILES string of the molecule is Cc1cnnc(Oc2ccccc2CN)c1. The maximum atomic E-state index is 5.63. The number of aromatic nitrogens is 2. The zero-order chi connectivity index (χ0) is 11.4. The van der Waals surface area contributed by atoms with E-state index in [1.807, 2.05) is 37.3 Å². The highest BCUT2D eigenvalue weighted by Gasteiger charge is 2.03. The van der Waals surface area contributed by atoms with Crippen LogP contribution in [-0.2, 0) is 6.54 Å². The van der Waals surface area contributed by atoms with Gasteiger partial charge in [-0.2, -0.15) is 5.10 Å². The number of aryl methyl sites for hydroxylation is 1. The van der Waals surface area contributed by atoms with Crippen molar-refractivity contribution in [1.29, 1.82) is 0 Å². The molecule has 4 heteroatoms.